The molecule has 0 aliphatic carbocycles. The number of rotatable bonds is 8. The smallest absolute Gasteiger partial charge is 0.192 e. The first-order valence-corrected chi connectivity index (χ1v) is 14.2. The van der Waals surface area contributed by atoms with Gasteiger partial charge in [0.2, 0.25) is 0 Å². The minimum absolute atomic E-state index is 0.135. The molecular weight excluding hydrogens is 380 g/mol. The SMILES string of the molecule is CCSc1ccc(C(CO[Si](C)(C)C(C)(C)C)N[S+]([O-])C(C)(C)C)nc1. The number of hydrogen-bond acceptors (Lipinski definition) is 5. The van der Waals surface area contributed by atoms with Crippen LogP contribution in [-0.4, -0.2) is 35.0 Å². The van der Waals surface area contributed by atoms with Gasteiger partial charge in [-0.2, -0.15) is 0 Å². The van der Waals surface area contributed by atoms with Crippen LogP contribution >= 0.6 is 11.8 Å². The molecule has 0 saturated carbocycles. The molecule has 0 fully saturated rings. The van der Waals surface area contributed by atoms with Crippen LogP contribution in [0.1, 0.15) is 60.2 Å². The molecule has 26 heavy (non-hydrogen) atoms. The quantitative estimate of drug-likeness (QED) is 0.353. The molecule has 0 spiro atoms. The first-order chi connectivity index (χ1) is 11.8. The molecule has 0 bridgehead atoms. The maximum absolute atomic E-state index is 12.7. The van der Waals surface area contributed by atoms with E-state index in [0.717, 1.165) is 16.3 Å². The summed E-state index contributed by atoms with van der Waals surface area (Å²) >= 11 is 0.582. The van der Waals surface area contributed by atoms with Crippen molar-refractivity contribution in [3.05, 3.63) is 24.0 Å². The third-order valence-electron chi connectivity index (χ3n) is 4.65. The van der Waals surface area contributed by atoms with Crippen molar-refractivity contribution in [1.82, 2.24) is 9.71 Å². The zero-order valence-electron chi connectivity index (χ0n) is 17.8. The second kappa shape index (κ2) is 9.43. The lowest BCUT2D eigenvalue weighted by Gasteiger charge is -2.37. The summed E-state index contributed by atoms with van der Waals surface area (Å²) in [5, 5.41) is 0.135. The van der Waals surface area contributed by atoms with E-state index in [0.29, 0.717) is 6.61 Å². The van der Waals surface area contributed by atoms with Gasteiger partial charge in [-0.1, -0.05) is 27.7 Å². The first kappa shape index (κ1) is 24.0. The van der Waals surface area contributed by atoms with E-state index in [1.54, 1.807) is 11.8 Å². The van der Waals surface area contributed by atoms with E-state index in [4.69, 9.17) is 4.43 Å². The highest BCUT2D eigenvalue weighted by Crippen LogP contribution is 2.37. The van der Waals surface area contributed by atoms with Crippen molar-refractivity contribution in [2.24, 2.45) is 0 Å². The molecule has 1 N–H and O–H groups in total. The Morgan fingerprint density at radius 1 is 1.23 bits per heavy atom. The van der Waals surface area contributed by atoms with Crippen molar-refractivity contribution >= 4 is 31.4 Å². The molecule has 0 aromatic carbocycles. The summed E-state index contributed by atoms with van der Waals surface area (Å²) < 4.78 is 22.0. The van der Waals surface area contributed by atoms with Gasteiger partial charge < -0.3 is 8.98 Å². The summed E-state index contributed by atoms with van der Waals surface area (Å²) in [5.74, 6) is 1.02. The Bertz CT molecular complexity index is 554. The molecule has 2 atom stereocenters. The molecule has 0 amide bonds. The first-order valence-electron chi connectivity index (χ1n) is 9.18. The highest BCUT2D eigenvalue weighted by atomic mass is 32.2. The molecule has 150 valence electrons. The van der Waals surface area contributed by atoms with E-state index >= 15 is 0 Å². The standard InChI is InChI=1S/C19H36N2O2S2Si/c1-10-24-15-11-12-16(20-13-15)17(21-25(22)18(2,3)4)14-23-26(8,9)19(5,6)7/h11-13,17,21H,10,14H2,1-9H3. The van der Waals surface area contributed by atoms with Gasteiger partial charge in [-0.05, 0) is 56.8 Å². The van der Waals surface area contributed by atoms with Gasteiger partial charge in [0, 0.05) is 22.5 Å². The summed E-state index contributed by atoms with van der Waals surface area (Å²) in [5.41, 5.74) is 0.877. The van der Waals surface area contributed by atoms with E-state index in [9.17, 15) is 4.55 Å². The normalized spacial score (nSPS) is 15.8. The van der Waals surface area contributed by atoms with E-state index in [1.807, 2.05) is 33.0 Å². The van der Waals surface area contributed by atoms with Gasteiger partial charge >= 0.3 is 0 Å². The van der Waals surface area contributed by atoms with Crippen molar-refractivity contribution in [2.75, 3.05) is 12.4 Å². The molecule has 2 unspecified atom stereocenters. The monoisotopic (exact) mass is 416 g/mol. The lowest BCUT2D eigenvalue weighted by Crippen LogP contribution is -2.46. The number of nitrogens with one attached hydrogen (secondary N) is 1. The third-order valence-corrected chi connectivity index (χ3v) is 11.6. The van der Waals surface area contributed by atoms with E-state index < -0.39 is 19.7 Å². The van der Waals surface area contributed by atoms with Crippen LogP contribution in [0.2, 0.25) is 18.1 Å². The van der Waals surface area contributed by atoms with Crippen LogP contribution in [0.4, 0.5) is 0 Å². The number of nitrogens with zero attached hydrogens (tertiary/aromatic N) is 1. The predicted octanol–water partition coefficient (Wildman–Crippen LogP) is 5.31. The van der Waals surface area contributed by atoms with E-state index in [2.05, 4.69) is 56.6 Å². The zero-order chi connectivity index (χ0) is 20.2. The van der Waals surface area contributed by atoms with E-state index in [1.165, 1.54) is 0 Å². The Labute approximate surface area is 168 Å². The predicted molar refractivity (Wildman–Crippen MR) is 118 cm³/mol. The van der Waals surface area contributed by atoms with Gasteiger partial charge in [0.05, 0.1) is 12.3 Å². The highest BCUT2D eigenvalue weighted by molar-refractivity contribution is 7.99. The maximum atomic E-state index is 12.7. The number of thioether (sulfide) groups is 1. The highest BCUT2D eigenvalue weighted by Gasteiger charge is 2.39. The Kier molecular flexibility index (Phi) is 8.70. The molecule has 1 rings (SSSR count). The molecule has 0 aliphatic rings. The average molecular weight is 417 g/mol. The van der Waals surface area contributed by atoms with Gasteiger partial charge in [0.25, 0.3) is 0 Å². The van der Waals surface area contributed by atoms with Gasteiger partial charge in [0.1, 0.15) is 10.8 Å². The number of pyridine rings is 1. The third kappa shape index (κ3) is 7.17. The summed E-state index contributed by atoms with van der Waals surface area (Å²) in [7, 11) is -1.89. The van der Waals surface area contributed by atoms with Crippen LogP contribution in [0.5, 0.6) is 0 Å². The zero-order valence-corrected chi connectivity index (χ0v) is 20.4. The fraction of sp³-hybridized carbons (Fsp3) is 0.737. The number of aromatic nitrogens is 1. The Hall–Kier alpha value is -0.0531. The Balaban J connectivity index is 2.98. The van der Waals surface area contributed by atoms with Crippen molar-refractivity contribution in [3.63, 3.8) is 0 Å². The minimum Gasteiger partial charge on any atom is -0.598 e. The van der Waals surface area contributed by atoms with E-state index in [-0.39, 0.29) is 15.8 Å². The lowest BCUT2D eigenvalue weighted by atomic mass is 10.2. The molecule has 1 aromatic rings. The summed E-state index contributed by atoms with van der Waals surface area (Å²) in [6.07, 6.45) is 1.89. The number of hydrogen-bond donors (Lipinski definition) is 1. The van der Waals surface area contributed by atoms with Gasteiger partial charge in [-0.3, -0.25) is 4.98 Å². The van der Waals surface area contributed by atoms with Gasteiger partial charge in [-0.15, -0.1) is 16.5 Å². The molecule has 0 saturated heterocycles. The van der Waals surface area contributed by atoms with Crippen molar-refractivity contribution in [3.8, 4) is 0 Å². The summed E-state index contributed by atoms with van der Waals surface area (Å²) in [4.78, 5) is 5.76. The summed E-state index contributed by atoms with van der Waals surface area (Å²) in [6, 6.07) is 3.91. The van der Waals surface area contributed by atoms with Crippen molar-refractivity contribution < 1.29 is 8.98 Å². The molecule has 0 aliphatic heterocycles. The van der Waals surface area contributed by atoms with Crippen LogP contribution in [-0.2, 0) is 15.8 Å². The molecule has 4 nitrogen and oxygen atoms in total. The van der Waals surface area contributed by atoms with Crippen LogP contribution in [0.15, 0.2) is 23.2 Å². The Morgan fingerprint density at radius 2 is 1.85 bits per heavy atom. The molecule has 1 heterocycles. The molecule has 7 heteroatoms. The van der Waals surface area contributed by atoms with Crippen LogP contribution < -0.4 is 4.72 Å². The fourth-order valence-electron chi connectivity index (χ4n) is 1.84. The summed E-state index contributed by atoms with van der Waals surface area (Å²) in [6.45, 7) is 19.7. The second-order valence-corrected chi connectivity index (χ2v) is 17.1. The Morgan fingerprint density at radius 3 is 2.27 bits per heavy atom. The van der Waals surface area contributed by atoms with Gasteiger partial charge in [-0.25, -0.2) is 0 Å². The maximum Gasteiger partial charge on any atom is 0.192 e. The second-order valence-electron chi connectivity index (χ2n) is 8.97. The van der Waals surface area contributed by atoms with Crippen molar-refractivity contribution in [2.45, 2.75) is 82.3 Å². The van der Waals surface area contributed by atoms with Crippen molar-refractivity contribution in [1.29, 1.82) is 0 Å². The van der Waals surface area contributed by atoms with Gasteiger partial charge in [0.15, 0.2) is 8.32 Å². The molecular formula is C19H36N2O2S2Si. The van der Waals surface area contributed by atoms with Crippen LogP contribution in [0, 0.1) is 0 Å². The molecule has 1 aromatic heterocycles. The molecule has 0 radical (unpaired) electrons. The lowest BCUT2D eigenvalue weighted by molar-refractivity contribution is 0.254. The fourth-order valence-corrected chi connectivity index (χ4v) is 4.29. The average Bonchev–Trinajstić information content (AvgIpc) is 2.50. The largest absolute Gasteiger partial charge is 0.598 e. The van der Waals surface area contributed by atoms with Crippen LogP contribution in [0.3, 0.4) is 0 Å². The minimum atomic E-state index is -1.89. The topological polar surface area (TPSA) is 57.2 Å². The van der Waals surface area contributed by atoms with Crippen LogP contribution in [0.25, 0.3) is 0 Å².